The van der Waals surface area contributed by atoms with Crippen LogP contribution in [0.3, 0.4) is 0 Å². The molecule has 0 aliphatic rings. The minimum Gasteiger partial charge on any atom is -0.0622 e. The molecule has 0 spiro atoms. The van der Waals surface area contributed by atoms with Gasteiger partial charge in [-0.3, -0.25) is 4.79 Å². The third kappa shape index (κ3) is 67.2. The number of hydrogen-bond donors (Lipinski definition) is 0. The van der Waals surface area contributed by atoms with Crippen LogP contribution in [-0.4, -0.2) is 116 Å². The van der Waals surface area contributed by atoms with E-state index >= 15 is 0 Å². The van der Waals surface area contributed by atoms with Gasteiger partial charge in [-0.05, 0) is 127 Å². The van der Waals surface area contributed by atoms with Gasteiger partial charge >= 0.3 is 263 Å². The second-order valence-corrected chi connectivity index (χ2v) is 25.0. The van der Waals surface area contributed by atoms with E-state index in [0.717, 1.165) is 74.1 Å². The van der Waals surface area contributed by atoms with Gasteiger partial charge in [-0.25, -0.2) is 0 Å². The zero-order valence-electron chi connectivity index (χ0n) is 60.3. The fourth-order valence-corrected chi connectivity index (χ4v) is 11.3. The van der Waals surface area contributed by atoms with Gasteiger partial charge in [0, 0.05) is 0 Å². The van der Waals surface area contributed by atoms with Gasteiger partial charge in [0.1, 0.15) is 12.5 Å². The Morgan fingerprint density at radius 3 is 0.674 bits per heavy atom. The van der Waals surface area contributed by atoms with Crippen molar-refractivity contribution in [1.82, 2.24) is 0 Å². The monoisotopic (exact) mass is 1710 g/mol. The Kier molecular flexibility index (Phi) is 122. The van der Waals surface area contributed by atoms with Crippen LogP contribution >= 0.6 is 0 Å². The van der Waals surface area contributed by atoms with Crippen molar-refractivity contribution in [3.63, 3.8) is 0 Å². The summed E-state index contributed by atoms with van der Waals surface area (Å²) in [6.07, 6.45) is 13.9. The average Bonchev–Trinajstić information content (AvgIpc) is 3.72. The minimum absolute atomic E-state index is 0. The average molecular weight is 1720 g/mol. The number of hydrogen-bond acceptors (Lipinski definition) is 1. The number of ketones is 1. The molecule has 86 heavy (non-hydrogen) atoms. The van der Waals surface area contributed by atoms with E-state index in [1.807, 2.05) is 118 Å². The van der Waals surface area contributed by atoms with E-state index in [4.69, 9.17) is 0 Å². The molecule has 0 saturated heterocycles. The van der Waals surface area contributed by atoms with Gasteiger partial charge in [-0.15, -0.1) is 0 Å². The fourth-order valence-electron chi connectivity index (χ4n) is 5.61. The molecule has 0 saturated carbocycles. The number of halogens is 1. The summed E-state index contributed by atoms with van der Waals surface area (Å²) in [7, 11) is 0.666. The van der Waals surface area contributed by atoms with Crippen LogP contribution in [0.15, 0.2) is 262 Å². The summed E-state index contributed by atoms with van der Waals surface area (Å²) in [6, 6.07) is 85.0. The number of rotatable bonds is 10. The molecule has 0 N–H and O–H groups in total. The van der Waals surface area contributed by atoms with Gasteiger partial charge in [0.15, 0.2) is 37.8 Å². The summed E-state index contributed by atoms with van der Waals surface area (Å²) in [5.41, 5.74) is 2.74. The Morgan fingerprint density at radius 1 is 0.360 bits per heavy atom. The predicted molar refractivity (Wildman–Crippen MR) is 394 cm³/mol. The Morgan fingerprint density at radius 2 is 0.523 bits per heavy atom. The second kappa shape index (κ2) is 93.8. The van der Waals surface area contributed by atoms with E-state index < -0.39 is 0 Å². The topological polar surface area (TPSA) is 17.1 Å². The summed E-state index contributed by atoms with van der Waals surface area (Å²) in [5.74, 6) is 0.304. The van der Waals surface area contributed by atoms with E-state index in [1.54, 1.807) is 6.92 Å². The molecule has 0 radical (unpaired) electrons. The van der Waals surface area contributed by atoms with Crippen molar-refractivity contribution in [2.24, 2.45) is 0 Å². The van der Waals surface area contributed by atoms with E-state index in [0.29, 0.717) is 5.78 Å². The third-order valence-corrected chi connectivity index (χ3v) is 17.8. The van der Waals surface area contributed by atoms with E-state index in [1.165, 1.54) is 49.6 Å². The molecule has 8 aromatic rings. The van der Waals surface area contributed by atoms with Crippen LogP contribution in [0.4, 0.5) is 0 Å². The number of Topliss-reactive ketones (excluding diaryl/α,β-unsaturated/α-hetero) is 1. The van der Waals surface area contributed by atoms with Crippen molar-refractivity contribution in [2.45, 2.75) is 156 Å². The Bertz CT molecular complexity index is 2060. The van der Waals surface area contributed by atoms with Crippen molar-refractivity contribution in [3.05, 3.63) is 261 Å². The molecule has 0 aliphatic carbocycles. The number of carbonyl (C=O) groups is 1. The minimum atomic E-state index is 0. The summed E-state index contributed by atoms with van der Waals surface area (Å²) in [4.78, 5) is 16.2. The van der Waals surface area contributed by atoms with Crippen LogP contribution in [0.5, 0.6) is 0 Å². The predicted octanol–water partition coefficient (Wildman–Crippen LogP) is 9.16. The molecule has 450 valence electrons. The molecular formula is C75H116IORb5S4+8. The summed E-state index contributed by atoms with van der Waals surface area (Å²) >= 11 is 3.77. The van der Waals surface area contributed by atoms with Crippen LogP contribution in [0.25, 0.3) is 0 Å². The molecule has 11 heteroatoms. The smallest absolute Gasteiger partial charge is 0.0622 e. The summed E-state index contributed by atoms with van der Waals surface area (Å²) in [6.45, 7) is 35.6. The maximum atomic E-state index is 10.6. The molecule has 0 heterocycles. The Labute approximate surface area is 754 Å². The summed E-state index contributed by atoms with van der Waals surface area (Å²) in [5, 5.41) is 0.259. The number of carbonyl (C=O) groups excluding carboxylic acids is 1. The SMILES string of the molecule is CC.CC.CC.CC.CC.CC.CC.CC.CC(=O)C(C)[S+](C)C.C[S+](c1ccccc1)c1ccccc1.C[S+](c1ccccc1)c1ccccc1.C[SH+]C.[Rb+].[Rb+].[Rb+].[Rb][Rb].c1ccc(Cc2ccccc2)cc1.c1ccc([I+]c2ccccc2)cc1. The van der Waals surface area contributed by atoms with Crippen LogP contribution < -0.4 is 196 Å². The molecule has 0 aliphatic heterocycles. The van der Waals surface area contributed by atoms with E-state index in [-0.39, 0.29) is 234 Å². The second-order valence-electron chi connectivity index (χ2n) is 14.7. The standard InChI is InChI=1S/2C13H13S.C13H12.C12H10I.C6H13OS.C2H6S.8C2H6.5Rb/c2*1-14(12-8-4-2-5-9-12)13-10-6-3-7-11-13;1-3-7-12(8-4-1)11-13-9-5-2-6-10-13;1-3-7-11(8-4-1)13-12-9-5-2-6-10-12;1-5(7)6(2)8(3)4;1-3-2;8*1-2;;;;;/h2*2-11H,1H3;1-10H,11H2;1-10H;6H,1-4H3;1-2H3;8*1-2H3;;;;;/q2*+1;;2*+1;;;;;;;;;;;;3*+1/p+1. The first-order valence-electron chi connectivity index (χ1n) is 30.5. The van der Waals surface area contributed by atoms with Crippen LogP contribution in [0.1, 0.15) is 136 Å². The van der Waals surface area contributed by atoms with Crippen LogP contribution in [0, 0.1) is 7.14 Å². The number of thiol groups is 1. The molecule has 0 amide bonds. The quantitative estimate of drug-likeness (QED) is 0.0760. The van der Waals surface area contributed by atoms with Crippen molar-refractivity contribution in [2.75, 3.05) is 37.5 Å². The first-order chi connectivity index (χ1) is 40.6. The molecule has 0 aromatic heterocycles. The normalized spacial score (nSPS) is 8.55. The van der Waals surface area contributed by atoms with Crippen LogP contribution in [-0.2, 0) is 55.7 Å². The molecule has 8 rings (SSSR count). The molecule has 0 fully saturated rings. The fraction of sp³-hybridized carbons (Fsp3) is 0.347. The zero-order chi connectivity index (χ0) is 64.9. The largest absolute Gasteiger partial charge is 0.357 e. The van der Waals surface area contributed by atoms with Gasteiger partial charge in [0.2, 0.25) is 0 Å². The Balaban J connectivity index is -0.0000000970. The first-order valence-corrected chi connectivity index (χ1v) is 73.8. The third-order valence-electron chi connectivity index (χ3n) is 9.44. The van der Waals surface area contributed by atoms with E-state index in [2.05, 4.69) is 280 Å². The first kappa shape index (κ1) is 112. The maximum Gasteiger partial charge on any atom is 0.357 e. The zero-order valence-corrected chi connectivity index (χ0v) is 90.4. The molecular weight excluding hydrogens is 1600 g/mol. The van der Waals surface area contributed by atoms with Gasteiger partial charge in [-0.1, -0.05) is 281 Å². The van der Waals surface area contributed by atoms with Gasteiger partial charge in [-0.2, -0.15) is 0 Å². The number of benzene rings is 8. The molecule has 1 nitrogen and oxygen atoms in total. The Hall–Kier alpha value is 4.59. The van der Waals surface area contributed by atoms with Crippen molar-refractivity contribution < 1.29 is 201 Å². The molecule has 1 atom stereocenters. The van der Waals surface area contributed by atoms with Gasteiger partial charge in [0.05, 0.1) is 46.8 Å². The molecule has 1 unspecified atom stereocenters. The molecule has 0 bridgehead atoms. The van der Waals surface area contributed by atoms with Crippen LogP contribution in [0.2, 0.25) is 0 Å². The molecule has 8 aromatic carbocycles. The van der Waals surface area contributed by atoms with Crippen molar-refractivity contribution in [3.8, 4) is 0 Å². The summed E-state index contributed by atoms with van der Waals surface area (Å²) < 4.78 is 2.96. The van der Waals surface area contributed by atoms with Gasteiger partial charge < -0.3 is 0 Å². The van der Waals surface area contributed by atoms with Crippen molar-refractivity contribution in [1.29, 1.82) is 0 Å². The van der Waals surface area contributed by atoms with E-state index in [9.17, 15) is 4.79 Å². The maximum absolute atomic E-state index is 10.6. The van der Waals surface area contributed by atoms with Gasteiger partial charge in [0.25, 0.3) is 0 Å². The van der Waals surface area contributed by atoms with Crippen molar-refractivity contribution >= 4 is 118 Å².